The number of aromatic nitrogens is 3. The highest BCUT2D eigenvalue weighted by Gasteiger charge is 2.35. The Labute approximate surface area is 170 Å². The summed E-state index contributed by atoms with van der Waals surface area (Å²) < 4.78 is 28.3. The zero-order chi connectivity index (χ0) is 20.0. The summed E-state index contributed by atoms with van der Waals surface area (Å²) in [6.45, 7) is 0.878. The molecule has 0 spiro atoms. The fourth-order valence-corrected chi connectivity index (χ4v) is 6.08. The minimum Gasteiger partial charge on any atom is -0.356 e. The lowest BCUT2D eigenvalue weighted by Crippen LogP contribution is -2.41. The maximum Gasteiger partial charge on any atom is 0.250 e. The van der Waals surface area contributed by atoms with E-state index < -0.39 is 16.1 Å². The van der Waals surface area contributed by atoms with Gasteiger partial charge in [0.2, 0.25) is 5.91 Å². The molecule has 4 aromatic rings. The number of nitrogens with one attached hydrogen (secondary N) is 2. The normalized spacial score (nSPS) is 17.6. The molecule has 1 aliphatic rings. The van der Waals surface area contributed by atoms with Crippen molar-refractivity contribution in [3.8, 4) is 0 Å². The van der Waals surface area contributed by atoms with E-state index in [4.69, 9.17) is 0 Å². The molecule has 0 aliphatic carbocycles. The zero-order valence-corrected chi connectivity index (χ0v) is 16.8. The highest BCUT2D eigenvalue weighted by Crippen LogP contribution is 2.28. The van der Waals surface area contributed by atoms with Gasteiger partial charge in [0, 0.05) is 30.0 Å². The van der Waals surface area contributed by atoms with Gasteiger partial charge in [0.05, 0.1) is 17.6 Å². The summed E-state index contributed by atoms with van der Waals surface area (Å²) in [5, 5.41) is 0.768. The van der Waals surface area contributed by atoms with Crippen molar-refractivity contribution in [3.05, 3.63) is 54.5 Å². The second-order valence-electron chi connectivity index (χ2n) is 6.92. The first-order chi connectivity index (χ1) is 14.0. The van der Waals surface area contributed by atoms with Crippen LogP contribution in [-0.2, 0) is 21.4 Å². The molecule has 1 saturated heterocycles. The number of likely N-dealkylation sites (tertiary alicyclic amines) is 1. The van der Waals surface area contributed by atoms with E-state index in [0.29, 0.717) is 24.3 Å². The maximum atomic E-state index is 12.8. The molecule has 1 amide bonds. The Balaban J connectivity index is 1.31. The quantitative estimate of drug-likeness (QED) is 0.508. The van der Waals surface area contributed by atoms with E-state index in [-0.39, 0.29) is 10.1 Å². The van der Waals surface area contributed by atoms with Crippen molar-refractivity contribution in [3.63, 3.8) is 0 Å². The van der Waals surface area contributed by atoms with Crippen molar-refractivity contribution in [1.29, 1.82) is 0 Å². The summed E-state index contributed by atoms with van der Waals surface area (Å²) >= 11 is 1.10. The molecule has 29 heavy (non-hydrogen) atoms. The summed E-state index contributed by atoms with van der Waals surface area (Å²) in [6.07, 6.45) is 3.77. The lowest BCUT2D eigenvalue weighted by molar-refractivity contribution is -0.129. The first kappa shape index (κ1) is 18.2. The number of hydrogen-bond donors (Lipinski definition) is 2. The van der Waals surface area contributed by atoms with E-state index in [1.165, 1.54) is 0 Å². The number of thiophene rings is 1. The van der Waals surface area contributed by atoms with Crippen LogP contribution in [0.5, 0.6) is 0 Å². The summed E-state index contributed by atoms with van der Waals surface area (Å²) in [4.78, 5) is 26.8. The lowest BCUT2D eigenvalue weighted by Gasteiger charge is -2.16. The minimum absolute atomic E-state index is 0.166. The van der Waals surface area contributed by atoms with Gasteiger partial charge in [-0.05, 0) is 36.8 Å². The third-order valence-corrected chi connectivity index (χ3v) is 7.94. The van der Waals surface area contributed by atoms with E-state index in [9.17, 15) is 13.2 Å². The smallest absolute Gasteiger partial charge is 0.250 e. The van der Waals surface area contributed by atoms with Crippen molar-refractivity contribution < 1.29 is 13.2 Å². The molecular weight excluding hydrogens is 410 g/mol. The second-order valence-corrected chi connectivity index (χ2v) is 9.89. The Hall–Kier alpha value is -2.82. The molecule has 5 rings (SSSR count). The summed E-state index contributed by atoms with van der Waals surface area (Å²) in [5.41, 5.74) is 2.61. The van der Waals surface area contributed by atoms with Crippen molar-refractivity contribution in [2.24, 2.45) is 0 Å². The highest BCUT2D eigenvalue weighted by molar-refractivity contribution is 7.91. The van der Waals surface area contributed by atoms with Crippen LogP contribution in [0.2, 0.25) is 0 Å². The van der Waals surface area contributed by atoms with Gasteiger partial charge >= 0.3 is 0 Å². The van der Waals surface area contributed by atoms with Crippen LogP contribution in [-0.4, -0.2) is 46.8 Å². The number of H-pyrrole nitrogens is 1. The number of pyridine rings is 2. The van der Waals surface area contributed by atoms with E-state index in [1.807, 2.05) is 24.3 Å². The van der Waals surface area contributed by atoms with Crippen molar-refractivity contribution in [1.82, 2.24) is 24.6 Å². The molecule has 1 atom stereocenters. The lowest BCUT2D eigenvalue weighted by atomic mass is 10.3. The van der Waals surface area contributed by atoms with Gasteiger partial charge in [-0.15, -0.1) is 11.3 Å². The number of carbonyl (C=O) groups excluding carboxylic acids is 1. The Morgan fingerprint density at radius 1 is 1.21 bits per heavy atom. The molecule has 0 saturated carbocycles. The number of carbonyl (C=O) groups is 1. The van der Waals surface area contributed by atoms with Gasteiger partial charge < -0.3 is 9.88 Å². The van der Waals surface area contributed by atoms with Crippen LogP contribution in [0.15, 0.2) is 53.0 Å². The zero-order valence-electron chi connectivity index (χ0n) is 15.2. The fraction of sp³-hybridized carbons (Fsp3) is 0.211. The first-order valence-electron chi connectivity index (χ1n) is 9.08. The molecule has 1 fully saturated rings. The van der Waals surface area contributed by atoms with Gasteiger partial charge in [-0.25, -0.2) is 13.4 Å². The second kappa shape index (κ2) is 6.90. The van der Waals surface area contributed by atoms with Gasteiger partial charge in [0.1, 0.15) is 15.1 Å². The van der Waals surface area contributed by atoms with Crippen LogP contribution in [0.4, 0.5) is 0 Å². The van der Waals surface area contributed by atoms with Crippen LogP contribution in [0.1, 0.15) is 12.1 Å². The van der Waals surface area contributed by atoms with E-state index >= 15 is 0 Å². The number of fused-ring (bicyclic) bond motifs is 2. The standard InChI is InChI=1S/C19H17N5O3S2/c25-19-15(23-29(26,27)17-9-12-3-1-7-21-18(12)28-17)5-8-24(19)11-13-10-16-14(22-13)4-2-6-20-16/h1-4,6-7,9-10,15,22-23H,5,8,11H2/t15-/m0/s1. The molecule has 8 nitrogen and oxygen atoms in total. The predicted octanol–water partition coefficient (Wildman–Crippen LogP) is 2.25. The van der Waals surface area contributed by atoms with Gasteiger partial charge in [-0.3, -0.25) is 9.78 Å². The third kappa shape index (κ3) is 3.39. The molecule has 0 aromatic carbocycles. The number of aromatic amines is 1. The molecule has 5 heterocycles. The topological polar surface area (TPSA) is 108 Å². The minimum atomic E-state index is -3.79. The summed E-state index contributed by atoms with van der Waals surface area (Å²) in [6, 6.07) is 10.1. The van der Waals surface area contributed by atoms with Crippen LogP contribution in [0.25, 0.3) is 21.3 Å². The average molecular weight is 428 g/mol. The van der Waals surface area contributed by atoms with E-state index in [0.717, 1.165) is 33.5 Å². The molecule has 2 N–H and O–H groups in total. The van der Waals surface area contributed by atoms with Crippen molar-refractivity contribution in [2.75, 3.05) is 6.54 Å². The SMILES string of the molecule is O=C1[C@@H](NS(=O)(=O)c2cc3cccnc3s2)CCN1Cc1cc2ncccc2[nH]1. The van der Waals surface area contributed by atoms with Crippen LogP contribution < -0.4 is 4.72 Å². The number of rotatable bonds is 5. The van der Waals surface area contributed by atoms with Crippen molar-refractivity contribution >= 4 is 48.5 Å². The van der Waals surface area contributed by atoms with Crippen LogP contribution >= 0.6 is 11.3 Å². The molecule has 1 aliphatic heterocycles. The molecule has 0 unspecified atom stereocenters. The van der Waals surface area contributed by atoms with Gasteiger partial charge in [-0.2, -0.15) is 4.72 Å². The molecule has 10 heteroatoms. The number of sulfonamides is 1. The Bertz CT molecular complexity index is 1260. The summed E-state index contributed by atoms with van der Waals surface area (Å²) in [7, 11) is -3.79. The Morgan fingerprint density at radius 2 is 2.03 bits per heavy atom. The Kier molecular flexibility index (Phi) is 4.34. The number of hydrogen-bond acceptors (Lipinski definition) is 6. The largest absolute Gasteiger partial charge is 0.356 e. The maximum absolute atomic E-state index is 12.8. The molecule has 148 valence electrons. The molecule has 0 bridgehead atoms. The van der Waals surface area contributed by atoms with Gasteiger partial charge in [0.25, 0.3) is 10.0 Å². The number of amides is 1. The fourth-order valence-electron chi connectivity index (χ4n) is 3.54. The third-order valence-electron chi connectivity index (χ3n) is 4.94. The van der Waals surface area contributed by atoms with Gasteiger partial charge in [-0.1, -0.05) is 6.07 Å². The van der Waals surface area contributed by atoms with E-state index in [2.05, 4.69) is 19.7 Å². The van der Waals surface area contributed by atoms with E-state index in [1.54, 1.807) is 29.4 Å². The van der Waals surface area contributed by atoms with Gasteiger partial charge in [0.15, 0.2) is 0 Å². The van der Waals surface area contributed by atoms with Crippen molar-refractivity contribution in [2.45, 2.75) is 23.2 Å². The van der Waals surface area contributed by atoms with Crippen LogP contribution in [0.3, 0.4) is 0 Å². The predicted molar refractivity (Wildman–Crippen MR) is 110 cm³/mol. The highest BCUT2D eigenvalue weighted by atomic mass is 32.2. The average Bonchev–Trinajstić information content (AvgIpc) is 3.40. The molecule has 4 aromatic heterocycles. The molecule has 0 radical (unpaired) electrons. The summed E-state index contributed by atoms with van der Waals surface area (Å²) in [5.74, 6) is -0.223. The van der Waals surface area contributed by atoms with Crippen LogP contribution in [0, 0.1) is 0 Å². The number of nitrogens with zero attached hydrogens (tertiary/aromatic N) is 3. The monoisotopic (exact) mass is 427 g/mol. The Morgan fingerprint density at radius 3 is 2.86 bits per heavy atom. The molecular formula is C19H17N5O3S2. The first-order valence-corrected chi connectivity index (χ1v) is 11.4.